The van der Waals surface area contributed by atoms with Crippen molar-refractivity contribution in [3.63, 3.8) is 0 Å². The van der Waals surface area contributed by atoms with Crippen LogP contribution in [0, 0.1) is 12.3 Å². The lowest BCUT2D eigenvalue weighted by molar-refractivity contribution is -0.220. The second-order valence-corrected chi connectivity index (χ2v) is 5.93. The maximum atomic E-state index is 13.2. The van der Waals surface area contributed by atoms with E-state index in [0.29, 0.717) is 12.8 Å². The van der Waals surface area contributed by atoms with Crippen LogP contribution in [0.2, 0.25) is 0 Å². The lowest BCUT2D eigenvalue weighted by Crippen LogP contribution is -2.49. The summed E-state index contributed by atoms with van der Waals surface area (Å²) in [5.74, 6) is -1.12. The largest absolute Gasteiger partial charge is 0.435 e. The van der Waals surface area contributed by atoms with E-state index in [4.69, 9.17) is 0 Å². The number of halogens is 6. The highest BCUT2D eigenvalue weighted by Gasteiger charge is 2.60. The van der Waals surface area contributed by atoms with E-state index in [9.17, 15) is 31.1 Å². The van der Waals surface area contributed by atoms with Crippen LogP contribution in [0.5, 0.6) is 0 Å². The Morgan fingerprint density at radius 2 is 1.83 bits per heavy atom. The van der Waals surface area contributed by atoms with E-state index in [2.05, 4.69) is 10.4 Å². The van der Waals surface area contributed by atoms with Gasteiger partial charge < -0.3 is 5.32 Å². The van der Waals surface area contributed by atoms with E-state index >= 15 is 0 Å². The molecule has 136 valence electrons. The van der Waals surface area contributed by atoms with Gasteiger partial charge in [-0.3, -0.25) is 9.48 Å². The molecule has 1 aromatic heterocycles. The third-order valence-corrected chi connectivity index (χ3v) is 4.32. The van der Waals surface area contributed by atoms with Gasteiger partial charge in [0.2, 0.25) is 5.91 Å². The Morgan fingerprint density at radius 1 is 1.25 bits per heavy atom. The van der Waals surface area contributed by atoms with Gasteiger partial charge in [-0.1, -0.05) is 12.8 Å². The SMILES string of the molecule is Cc1cc(C(F)(F)F)nn1CCNC(=O)C1(C(F)(F)F)CCCC1. The van der Waals surface area contributed by atoms with Gasteiger partial charge in [0.15, 0.2) is 5.69 Å². The Balaban J connectivity index is 1.99. The van der Waals surface area contributed by atoms with Crippen LogP contribution in [-0.4, -0.2) is 28.4 Å². The molecule has 0 bridgehead atoms. The minimum atomic E-state index is -4.64. The van der Waals surface area contributed by atoms with Gasteiger partial charge >= 0.3 is 12.4 Å². The Hall–Kier alpha value is -1.74. The predicted octanol–water partition coefficient (Wildman–Crippen LogP) is 3.45. The Morgan fingerprint density at radius 3 is 2.29 bits per heavy atom. The third-order valence-electron chi connectivity index (χ3n) is 4.32. The average Bonchev–Trinajstić information content (AvgIpc) is 3.05. The van der Waals surface area contributed by atoms with E-state index in [-0.39, 0.29) is 31.6 Å². The summed E-state index contributed by atoms with van der Waals surface area (Å²) in [6, 6.07) is 0.843. The van der Waals surface area contributed by atoms with E-state index < -0.39 is 29.4 Å². The smallest absolute Gasteiger partial charge is 0.353 e. The van der Waals surface area contributed by atoms with E-state index in [1.807, 2.05) is 0 Å². The molecule has 1 amide bonds. The van der Waals surface area contributed by atoms with Crippen molar-refractivity contribution >= 4 is 5.91 Å². The van der Waals surface area contributed by atoms with Crippen molar-refractivity contribution in [3.8, 4) is 0 Å². The van der Waals surface area contributed by atoms with Gasteiger partial charge in [0.05, 0.1) is 6.54 Å². The highest BCUT2D eigenvalue weighted by Crippen LogP contribution is 2.50. The lowest BCUT2D eigenvalue weighted by atomic mass is 9.84. The normalized spacial score (nSPS) is 18.0. The molecular formula is C14H17F6N3O. The first kappa shape index (κ1) is 18.6. The van der Waals surface area contributed by atoms with Crippen LogP contribution in [0.1, 0.15) is 37.1 Å². The predicted molar refractivity (Wildman–Crippen MR) is 71.9 cm³/mol. The van der Waals surface area contributed by atoms with Gasteiger partial charge in [0.25, 0.3) is 0 Å². The number of rotatable bonds is 4. The first-order chi connectivity index (χ1) is 11.0. The average molecular weight is 357 g/mol. The summed E-state index contributed by atoms with van der Waals surface area (Å²) >= 11 is 0. The van der Waals surface area contributed by atoms with Crippen LogP contribution in [-0.2, 0) is 17.5 Å². The molecule has 0 aromatic carbocycles. The number of nitrogens with one attached hydrogen (secondary N) is 1. The summed E-state index contributed by atoms with van der Waals surface area (Å²) in [6.45, 7) is 1.04. The van der Waals surface area contributed by atoms with Gasteiger partial charge in [-0.25, -0.2) is 0 Å². The fourth-order valence-electron chi connectivity index (χ4n) is 2.94. The molecule has 0 spiro atoms. The number of aromatic nitrogens is 2. The molecule has 1 aliphatic carbocycles. The zero-order valence-corrected chi connectivity index (χ0v) is 12.9. The quantitative estimate of drug-likeness (QED) is 0.839. The summed E-state index contributed by atoms with van der Waals surface area (Å²) in [4.78, 5) is 12.0. The fourth-order valence-corrected chi connectivity index (χ4v) is 2.94. The standard InChI is InChI=1S/C14H17F6N3O/c1-9-8-10(13(15,16)17)22-23(9)7-6-21-11(24)12(14(18,19)20)4-2-3-5-12/h8H,2-7H2,1H3,(H,21,24). The van der Waals surface area contributed by atoms with Gasteiger partial charge in [0, 0.05) is 12.2 Å². The maximum Gasteiger partial charge on any atom is 0.435 e. The maximum absolute atomic E-state index is 13.2. The molecule has 0 saturated heterocycles. The molecule has 1 aromatic rings. The zero-order chi connectivity index (χ0) is 18.2. The van der Waals surface area contributed by atoms with Gasteiger partial charge in [-0.05, 0) is 25.8 Å². The molecule has 4 nitrogen and oxygen atoms in total. The Kier molecular flexibility index (Phi) is 4.87. The number of carbonyl (C=O) groups is 1. The second-order valence-electron chi connectivity index (χ2n) is 5.93. The number of amides is 1. The van der Waals surface area contributed by atoms with E-state index in [1.165, 1.54) is 6.92 Å². The molecule has 1 heterocycles. The summed E-state index contributed by atoms with van der Waals surface area (Å²) in [6.07, 6.45) is -9.12. The summed E-state index contributed by atoms with van der Waals surface area (Å²) < 4.78 is 78.3. The minimum absolute atomic E-state index is 0.137. The summed E-state index contributed by atoms with van der Waals surface area (Å²) in [7, 11) is 0. The molecule has 0 atom stereocenters. The van der Waals surface area contributed by atoms with E-state index in [0.717, 1.165) is 10.7 Å². The van der Waals surface area contributed by atoms with Crippen molar-refractivity contribution in [2.75, 3.05) is 6.54 Å². The number of alkyl halides is 6. The highest BCUT2D eigenvalue weighted by atomic mass is 19.4. The van der Waals surface area contributed by atoms with Crippen molar-refractivity contribution in [1.29, 1.82) is 0 Å². The summed E-state index contributed by atoms with van der Waals surface area (Å²) in [5.41, 5.74) is -3.25. The van der Waals surface area contributed by atoms with Crippen LogP contribution >= 0.6 is 0 Å². The number of hydrogen-bond donors (Lipinski definition) is 1. The molecule has 1 fully saturated rings. The molecule has 0 unspecified atom stereocenters. The molecule has 1 saturated carbocycles. The monoisotopic (exact) mass is 357 g/mol. The van der Waals surface area contributed by atoms with Crippen LogP contribution in [0.3, 0.4) is 0 Å². The Labute approximate surface area is 134 Å². The molecule has 0 radical (unpaired) electrons. The molecular weight excluding hydrogens is 340 g/mol. The van der Waals surface area contributed by atoms with Crippen LogP contribution in [0.4, 0.5) is 26.3 Å². The summed E-state index contributed by atoms with van der Waals surface area (Å²) in [5, 5.41) is 5.55. The van der Waals surface area contributed by atoms with Crippen molar-refractivity contribution in [3.05, 3.63) is 17.5 Å². The second kappa shape index (κ2) is 6.29. The van der Waals surface area contributed by atoms with Crippen molar-refractivity contribution in [1.82, 2.24) is 15.1 Å². The minimum Gasteiger partial charge on any atom is -0.353 e. The molecule has 1 aliphatic rings. The van der Waals surface area contributed by atoms with Gasteiger partial charge in [-0.2, -0.15) is 31.4 Å². The number of carbonyl (C=O) groups excluding carboxylic acids is 1. The fraction of sp³-hybridized carbons (Fsp3) is 0.714. The van der Waals surface area contributed by atoms with Crippen molar-refractivity contribution in [2.45, 2.75) is 51.5 Å². The first-order valence-corrected chi connectivity index (χ1v) is 7.44. The van der Waals surface area contributed by atoms with Crippen molar-refractivity contribution in [2.24, 2.45) is 5.41 Å². The molecule has 0 aliphatic heterocycles. The molecule has 1 N–H and O–H groups in total. The van der Waals surface area contributed by atoms with Gasteiger partial charge in [-0.15, -0.1) is 0 Å². The highest BCUT2D eigenvalue weighted by molar-refractivity contribution is 5.83. The van der Waals surface area contributed by atoms with Crippen LogP contribution in [0.15, 0.2) is 6.07 Å². The number of nitrogens with zero attached hydrogens (tertiary/aromatic N) is 2. The van der Waals surface area contributed by atoms with Crippen LogP contribution < -0.4 is 5.32 Å². The molecule has 10 heteroatoms. The number of aryl methyl sites for hydroxylation is 1. The first-order valence-electron chi connectivity index (χ1n) is 7.44. The molecule has 24 heavy (non-hydrogen) atoms. The topological polar surface area (TPSA) is 46.9 Å². The van der Waals surface area contributed by atoms with Crippen LogP contribution in [0.25, 0.3) is 0 Å². The van der Waals surface area contributed by atoms with Crippen molar-refractivity contribution < 1.29 is 31.1 Å². The van der Waals surface area contributed by atoms with E-state index in [1.54, 1.807) is 0 Å². The lowest BCUT2D eigenvalue weighted by Gasteiger charge is -2.30. The number of hydrogen-bond acceptors (Lipinski definition) is 2. The zero-order valence-electron chi connectivity index (χ0n) is 12.9. The molecule has 2 rings (SSSR count). The third kappa shape index (κ3) is 3.51. The Bertz CT molecular complexity index is 599. The van der Waals surface area contributed by atoms with Gasteiger partial charge in [0.1, 0.15) is 5.41 Å².